The van der Waals surface area contributed by atoms with Crippen LogP contribution in [0.3, 0.4) is 0 Å². The maximum atomic E-state index is 8.88. The van der Waals surface area contributed by atoms with E-state index in [9.17, 15) is 0 Å². The van der Waals surface area contributed by atoms with Crippen molar-refractivity contribution in [2.24, 2.45) is 0 Å². The summed E-state index contributed by atoms with van der Waals surface area (Å²) in [6, 6.07) is 0. The molecule has 0 aliphatic carbocycles. The monoisotopic (exact) mass is 396 g/mol. The van der Waals surface area contributed by atoms with Crippen LogP contribution in [0.1, 0.15) is 0 Å². The quantitative estimate of drug-likeness (QED) is 0.179. The second-order valence-electron chi connectivity index (χ2n) is 0.922. The first-order chi connectivity index (χ1) is 4.00. The van der Waals surface area contributed by atoms with Gasteiger partial charge in [-0.2, -0.15) is 0 Å². The van der Waals surface area contributed by atoms with Gasteiger partial charge in [0.25, 0.3) is 0 Å². The largest absolute Gasteiger partial charge is 2.00 e. The Hall–Kier alpha value is 0.915. The summed E-state index contributed by atoms with van der Waals surface area (Å²) in [5, 5.41) is 0. The third-order valence-corrected chi connectivity index (χ3v) is 0. The van der Waals surface area contributed by atoms with Crippen LogP contribution in [-0.2, 0) is 42.6 Å². The van der Waals surface area contributed by atoms with Crippen molar-refractivity contribution >= 4 is 18.2 Å². The predicted molar refractivity (Wildman–Crippen MR) is 24.7 cm³/mol. The van der Waals surface area contributed by atoms with Crippen LogP contribution >= 0.6 is 7.82 Å². The fraction of sp³-hybridized carbons (Fsp3) is 0. The van der Waals surface area contributed by atoms with Crippen LogP contribution in [0.2, 0.25) is 0 Å². The van der Waals surface area contributed by atoms with Gasteiger partial charge in [0, 0.05) is 10.4 Å². The van der Waals surface area contributed by atoms with Crippen molar-refractivity contribution in [3.05, 3.63) is 0 Å². The summed E-state index contributed by atoms with van der Waals surface area (Å²) in [5.41, 5.74) is 0. The van der Waals surface area contributed by atoms with Crippen LogP contribution in [0.25, 0.3) is 0 Å². The molecule has 0 saturated carbocycles. The topological polar surface area (TPSA) is 158 Å². The fourth-order valence-electron chi connectivity index (χ4n) is 0. The molecule has 11 heteroatoms. The molecule has 3 N–H and O–H groups in total. The maximum Gasteiger partial charge on any atom is 2.00 e. The molecule has 0 aromatic carbocycles. The first-order valence-electron chi connectivity index (χ1n) is 1.45. The van der Waals surface area contributed by atoms with Crippen molar-refractivity contribution in [3.8, 4) is 0 Å². The summed E-state index contributed by atoms with van der Waals surface area (Å²) >= 11 is 0. The zero-order valence-corrected chi connectivity index (χ0v) is 12.2. The fourth-order valence-corrected chi connectivity index (χ4v) is 0. The molecule has 0 aromatic rings. The Morgan fingerprint density at radius 1 is 1.09 bits per heavy atom. The molecule has 0 atom stereocenters. The predicted octanol–water partition coefficient (Wildman–Crippen LogP) is -2.27. The number of hydrogen-bond donors (Lipinski definition) is 3. The van der Waals surface area contributed by atoms with Gasteiger partial charge in [0.1, 0.15) is 0 Å². The minimum absolute atomic E-state index is 0. The Kier molecular flexibility index (Phi) is 10.4. The average molecular weight is 395 g/mol. The summed E-state index contributed by atoms with van der Waals surface area (Å²) in [6.07, 6.45) is 0. The van der Waals surface area contributed by atoms with Gasteiger partial charge < -0.3 is 23.8 Å². The van der Waals surface area contributed by atoms with Crippen LogP contribution in [0, 0.1) is 0 Å². The second kappa shape index (κ2) is 6.43. The van der Waals surface area contributed by atoms with Crippen LogP contribution in [-0.4, -0.2) is 32.2 Å². The van der Waals surface area contributed by atoms with Gasteiger partial charge in [0.15, 0.2) is 0 Å². The van der Waals surface area contributed by atoms with Crippen LogP contribution in [0.15, 0.2) is 0 Å². The van der Waals surface area contributed by atoms with Crippen molar-refractivity contribution in [3.63, 3.8) is 0 Å². The van der Waals surface area contributed by atoms with E-state index in [0.29, 0.717) is 0 Å². The molecule has 0 aliphatic rings. The molecule has 0 spiro atoms. The standard InChI is InChI=1S/Hg.H3O4P.H2O4S/c;2*1-5(2,3)4/h;(H3,1,2,3,4);(H2,1,2,3,4)/q+2;;/p-2. The zero-order chi connectivity index (χ0) is 9.00. The van der Waals surface area contributed by atoms with Crippen molar-refractivity contribution in [1.29, 1.82) is 0 Å². The van der Waals surface area contributed by atoms with E-state index >= 15 is 0 Å². The van der Waals surface area contributed by atoms with Gasteiger partial charge >= 0.3 is 35.5 Å². The molecule has 0 aliphatic heterocycles. The molecule has 0 unspecified atom stereocenters. The Balaban J connectivity index is -0.000000107. The molecule has 11 heavy (non-hydrogen) atoms. The molecule has 0 saturated heterocycles. The van der Waals surface area contributed by atoms with Crippen LogP contribution in [0.4, 0.5) is 0 Å². The van der Waals surface area contributed by atoms with Gasteiger partial charge in [-0.05, 0) is 0 Å². The van der Waals surface area contributed by atoms with E-state index in [0.717, 1.165) is 0 Å². The van der Waals surface area contributed by atoms with Gasteiger partial charge in [-0.3, -0.25) is 8.42 Å². The number of rotatable bonds is 0. The van der Waals surface area contributed by atoms with Crippen LogP contribution < -0.4 is 0 Å². The molecule has 0 fully saturated rings. The minimum Gasteiger partial charge on any atom is -0.759 e. The van der Waals surface area contributed by atoms with Crippen molar-refractivity contribution in [1.82, 2.24) is 0 Å². The van der Waals surface area contributed by atoms with E-state index in [2.05, 4.69) is 0 Å². The van der Waals surface area contributed by atoms with Gasteiger partial charge in [-0.25, -0.2) is 4.57 Å². The number of hydrogen-bond acceptors (Lipinski definition) is 5. The normalized spacial score (nSPS) is 10.6. The van der Waals surface area contributed by atoms with E-state index in [1.54, 1.807) is 0 Å². The van der Waals surface area contributed by atoms with Gasteiger partial charge in [-0.1, -0.05) is 0 Å². The molecule has 8 nitrogen and oxygen atoms in total. The van der Waals surface area contributed by atoms with Gasteiger partial charge in [-0.15, -0.1) is 0 Å². The Morgan fingerprint density at radius 2 is 1.09 bits per heavy atom. The molecule has 0 rings (SSSR count). The molecular formula is H3HgO8PS. The van der Waals surface area contributed by atoms with Crippen molar-refractivity contribution < 1.29 is 64.4 Å². The average Bonchev–Trinajstić information content (AvgIpc) is 1.12. The molecular weight excluding hydrogens is 392 g/mol. The third-order valence-electron chi connectivity index (χ3n) is 0. The first-order valence-corrected chi connectivity index (χ1v) is 4.35. The molecule has 0 radical (unpaired) electrons. The Morgan fingerprint density at radius 3 is 1.09 bits per heavy atom. The van der Waals surface area contributed by atoms with E-state index in [1.165, 1.54) is 0 Å². The summed E-state index contributed by atoms with van der Waals surface area (Å²) < 4.78 is 43.0. The van der Waals surface area contributed by atoms with Crippen LogP contribution in [0.5, 0.6) is 0 Å². The molecule has 0 heterocycles. The molecule has 64 valence electrons. The van der Waals surface area contributed by atoms with Crippen molar-refractivity contribution in [2.75, 3.05) is 0 Å². The second-order valence-corrected chi connectivity index (χ2v) is 2.76. The van der Waals surface area contributed by atoms with Gasteiger partial charge in [0.2, 0.25) is 0 Å². The smallest absolute Gasteiger partial charge is 0.759 e. The summed E-state index contributed by atoms with van der Waals surface area (Å²) in [4.78, 5) is 21.6. The number of phosphoric acid groups is 1. The van der Waals surface area contributed by atoms with E-state index in [4.69, 9.17) is 36.8 Å². The molecule has 0 aromatic heterocycles. The molecule has 0 amide bonds. The van der Waals surface area contributed by atoms with Crippen molar-refractivity contribution in [2.45, 2.75) is 0 Å². The Bertz CT molecular complexity index is 192. The van der Waals surface area contributed by atoms with E-state index in [-0.39, 0.29) is 27.7 Å². The zero-order valence-electron chi connectivity index (χ0n) is 4.95. The maximum absolute atomic E-state index is 8.88. The summed E-state index contributed by atoms with van der Waals surface area (Å²) in [5.74, 6) is 0. The summed E-state index contributed by atoms with van der Waals surface area (Å²) in [7, 11) is -9.81. The van der Waals surface area contributed by atoms with Gasteiger partial charge in [0.05, 0.1) is 0 Å². The van der Waals surface area contributed by atoms with E-state index in [1.807, 2.05) is 0 Å². The third kappa shape index (κ3) is 1040. The first kappa shape index (κ1) is 17.9. The minimum atomic E-state index is -5.17. The SMILES string of the molecule is O=P(O)(O)O.O=S(=O)([O-])[O-].[Hg+2]. The van der Waals surface area contributed by atoms with E-state index < -0.39 is 18.2 Å². The Labute approximate surface area is 82.6 Å². The summed E-state index contributed by atoms with van der Waals surface area (Å²) in [6.45, 7) is 0. The molecule has 0 bridgehead atoms.